The Morgan fingerprint density at radius 3 is 2.68 bits per heavy atom. The van der Waals surface area contributed by atoms with Crippen molar-refractivity contribution in [3.63, 3.8) is 0 Å². The van der Waals surface area contributed by atoms with E-state index in [1.54, 1.807) is 0 Å². The lowest BCUT2D eigenvalue weighted by Crippen LogP contribution is -2.22. The van der Waals surface area contributed by atoms with Crippen molar-refractivity contribution < 1.29 is 13.2 Å². The van der Waals surface area contributed by atoms with E-state index in [1.807, 2.05) is 24.4 Å². The number of nitrogens with zero attached hydrogens (tertiary/aromatic N) is 2. The normalized spacial score (nSPS) is 16.9. The molecule has 2 aromatic heterocycles. The lowest BCUT2D eigenvalue weighted by atomic mass is 10.1. The van der Waals surface area contributed by atoms with E-state index in [0.29, 0.717) is 12.1 Å². The maximum Gasteiger partial charge on any atom is 0.433 e. The van der Waals surface area contributed by atoms with Gasteiger partial charge in [-0.25, -0.2) is 0 Å². The molecule has 3 heterocycles. The second-order valence-corrected chi connectivity index (χ2v) is 6.16. The van der Waals surface area contributed by atoms with Crippen molar-refractivity contribution >= 4 is 0 Å². The molecule has 1 aliphatic heterocycles. The van der Waals surface area contributed by atoms with Crippen LogP contribution in [0.5, 0.6) is 0 Å². The van der Waals surface area contributed by atoms with Crippen LogP contribution >= 0.6 is 0 Å². The standard InChI is InChI=1S/C19H16F3N3/c1-12-4-2-5-15-14(12)11-24-18(16-6-3-9-25(15)16)13-7-8-17(23-10-13)19(20,21)22/h2-10,18,24H,11H2,1H3. The SMILES string of the molecule is Cc1cccc2c1CNC(c1ccc(C(F)(F)F)nc1)c1cccn1-2. The molecule has 1 N–H and O–H groups in total. The number of hydrogen-bond donors (Lipinski definition) is 1. The number of aryl methyl sites for hydroxylation is 1. The Morgan fingerprint density at radius 2 is 1.96 bits per heavy atom. The minimum atomic E-state index is -4.43. The summed E-state index contributed by atoms with van der Waals surface area (Å²) in [4.78, 5) is 3.61. The second-order valence-electron chi connectivity index (χ2n) is 6.16. The van der Waals surface area contributed by atoms with Gasteiger partial charge in [0.05, 0.1) is 11.7 Å². The monoisotopic (exact) mass is 343 g/mol. The third kappa shape index (κ3) is 2.72. The first-order valence-corrected chi connectivity index (χ1v) is 7.98. The Labute approximate surface area is 143 Å². The van der Waals surface area contributed by atoms with Crippen LogP contribution in [0.15, 0.2) is 54.9 Å². The average molecular weight is 343 g/mol. The summed E-state index contributed by atoms with van der Waals surface area (Å²) in [5.74, 6) is 0. The maximum absolute atomic E-state index is 12.8. The van der Waals surface area contributed by atoms with E-state index < -0.39 is 11.9 Å². The molecule has 0 aliphatic carbocycles. The van der Waals surface area contributed by atoms with Crippen molar-refractivity contribution in [3.8, 4) is 5.69 Å². The van der Waals surface area contributed by atoms with Crippen molar-refractivity contribution in [2.45, 2.75) is 25.7 Å². The molecule has 3 nitrogen and oxygen atoms in total. The van der Waals surface area contributed by atoms with Gasteiger partial charge in [0, 0.05) is 24.6 Å². The van der Waals surface area contributed by atoms with Gasteiger partial charge in [0.2, 0.25) is 0 Å². The van der Waals surface area contributed by atoms with Gasteiger partial charge in [0.1, 0.15) is 5.69 Å². The molecule has 0 bridgehead atoms. The van der Waals surface area contributed by atoms with Gasteiger partial charge in [-0.1, -0.05) is 18.2 Å². The van der Waals surface area contributed by atoms with Crippen LogP contribution in [-0.4, -0.2) is 9.55 Å². The summed E-state index contributed by atoms with van der Waals surface area (Å²) in [6.45, 7) is 2.69. The zero-order chi connectivity index (χ0) is 17.6. The molecule has 3 aromatic rings. The van der Waals surface area contributed by atoms with E-state index in [4.69, 9.17) is 0 Å². The van der Waals surface area contributed by atoms with Crippen LogP contribution in [0.25, 0.3) is 5.69 Å². The van der Waals surface area contributed by atoms with Crippen molar-refractivity contribution in [2.75, 3.05) is 0 Å². The van der Waals surface area contributed by atoms with E-state index >= 15 is 0 Å². The van der Waals surface area contributed by atoms with Crippen LogP contribution in [0.3, 0.4) is 0 Å². The highest BCUT2D eigenvalue weighted by Crippen LogP contribution is 2.33. The zero-order valence-electron chi connectivity index (χ0n) is 13.5. The molecule has 0 saturated heterocycles. The minimum Gasteiger partial charge on any atom is -0.319 e. The van der Waals surface area contributed by atoms with E-state index in [1.165, 1.54) is 23.4 Å². The van der Waals surface area contributed by atoms with Gasteiger partial charge < -0.3 is 9.88 Å². The molecule has 0 amide bonds. The first-order valence-electron chi connectivity index (χ1n) is 7.98. The molecule has 1 aromatic carbocycles. The minimum absolute atomic E-state index is 0.225. The molecule has 0 radical (unpaired) electrons. The Balaban J connectivity index is 1.78. The predicted molar refractivity (Wildman–Crippen MR) is 88.4 cm³/mol. The highest BCUT2D eigenvalue weighted by atomic mass is 19.4. The average Bonchev–Trinajstić information content (AvgIpc) is 2.99. The Morgan fingerprint density at radius 1 is 1.12 bits per heavy atom. The molecule has 25 heavy (non-hydrogen) atoms. The van der Waals surface area contributed by atoms with Gasteiger partial charge in [-0.15, -0.1) is 0 Å². The van der Waals surface area contributed by atoms with Gasteiger partial charge >= 0.3 is 6.18 Å². The largest absolute Gasteiger partial charge is 0.433 e. The molecule has 128 valence electrons. The molecule has 1 unspecified atom stereocenters. The fourth-order valence-electron chi connectivity index (χ4n) is 3.33. The summed E-state index contributed by atoms with van der Waals surface area (Å²) in [5, 5.41) is 3.45. The van der Waals surface area contributed by atoms with Crippen LogP contribution in [-0.2, 0) is 12.7 Å². The smallest absolute Gasteiger partial charge is 0.319 e. The van der Waals surface area contributed by atoms with Crippen LogP contribution in [0, 0.1) is 6.92 Å². The number of fused-ring (bicyclic) bond motifs is 3. The van der Waals surface area contributed by atoms with Gasteiger partial charge in [0.25, 0.3) is 0 Å². The second kappa shape index (κ2) is 5.74. The Hall–Kier alpha value is -2.60. The quantitative estimate of drug-likeness (QED) is 0.710. The highest BCUT2D eigenvalue weighted by Gasteiger charge is 2.32. The van der Waals surface area contributed by atoms with Gasteiger partial charge in [-0.2, -0.15) is 13.2 Å². The molecule has 1 aliphatic rings. The third-order valence-electron chi connectivity index (χ3n) is 4.61. The fraction of sp³-hybridized carbons (Fsp3) is 0.211. The van der Waals surface area contributed by atoms with Crippen molar-refractivity contribution in [3.05, 3.63) is 82.9 Å². The predicted octanol–water partition coefficient (Wildman–Crippen LogP) is 4.39. The topological polar surface area (TPSA) is 29.9 Å². The molecule has 6 heteroatoms. The first-order chi connectivity index (χ1) is 11.9. The Bertz CT molecular complexity index is 910. The van der Waals surface area contributed by atoms with Gasteiger partial charge in [0.15, 0.2) is 0 Å². The molecule has 0 spiro atoms. The molecule has 4 rings (SSSR count). The number of rotatable bonds is 1. The Kier molecular flexibility index (Phi) is 3.65. The van der Waals surface area contributed by atoms with Crippen molar-refractivity contribution in [1.29, 1.82) is 0 Å². The number of nitrogens with one attached hydrogen (secondary N) is 1. The first kappa shape index (κ1) is 15.9. The molecule has 1 atom stereocenters. The van der Waals surface area contributed by atoms with Crippen LogP contribution in [0.4, 0.5) is 13.2 Å². The summed E-state index contributed by atoms with van der Waals surface area (Å²) in [7, 11) is 0. The van der Waals surface area contributed by atoms with Gasteiger partial charge in [-0.05, 0) is 47.9 Å². The fourth-order valence-corrected chi connectivity index (χ4v) is 3.33. The van der Waals surface area contributed by atoms with Crippen molar-refractivity contribution in [1.82, 2.24) is 14.9 Å². The zero-order valence-corrected chi connectivity index (χ0v) is 13.5. The maximum atomic E-state index is 12.8. The number of hydrogen-bond acceptors (Lipinski definition) is 2. The number of aromatic nitrogens is 2. The summed E-state index contributed by atoms with van der Waals surface area (Å²) >= 11 is 0. The third-order valence-corrected chi connectivity index (χ3v) is 4.61. The summed E-state index contributed by atoms with van der Waals surface area (Å²) in [6, 6.07) is 12.4. The lowest BCUT2D eigenvalue weighted by molar-refractivity contribution is -0.141. The van der Waals surface area contributed by atoms with Crippen molar-refractivity contribution in [2.24, 2.45) is 0 Å². The highest BCUT2D eigenvalue weighted by molar-refractivity contribution is 5.50. The summed E-state index contributed by atoms with van der Waals surface area (Å²) in [6.07, 6.45) is -1.14. The van der Waals surface area contributed by atoms with Crippen LogP contribution < -0.4 is 5.32 Å². The van der Waals surface area contributed by atoms with Gasteiger partial charge in [-0.3, -0.25) is 4.98 Å². The summed E-state index contributed by atoms with van der Waals surface area (Å²) in [5.41, 5.74) is 4.26. The molecular weight excluding hydrogens is 327 g/mol. The lowest BCUT2D eigenvalue weighted by Gasteiger charge is -2.18. The van der Waals surface area contributed by atoms with E-state index in [0.717, 1.165) is 17.4 Å². The number of alkyl halides is 3. The summed E-state index contributed by atoms with van der Waals surface area (Å²) < 4.78 is 40.4. The van der Waals surface area contributed by atoms with E-state index in [-0.39, 0.29) is 6.04 Å². The van der Waals surface area contributed by atoms with Crippen LogP contribution in [0.2, 0.25) is 0 Å². The molecule has 0 saturated carbocycles. The number of pyridine rings is 1. The number of benzene rings is 1. The van der Waals surface area contributed by atoms with E-state index in [9.17, 15) is 13.2 Å². The molecule has 0 fully saturated rings. The number of halogens is 3. The van der Waals surface area contributed by atoms with E-state index in [2.05, 4.69) is 33.9 Å². The molecular formula is C19H16F3N3. The van der Waals surface area contributed by atoms with Crippen LogP contribution in [0.1, 0.15) is 34.1 Å².